The van der Waals surface area contributed by atoms with E-state index < -0.39 is 77.1 Å². The number of rotatable bonds is 7. The van der Waals surface area contributed by atoms with Crippen molar-refractivity contribution in [1.29, 1.82) is 0 Å². The summed E-state index contributed by atoms with van der Waals surface area (Å²) in [6, 6.07) is -2.71. The maximum Gasteiger partial charge on any atom is 0.466 e. The van der Waals surface area contributed by atoms with Gasteiger partial charge in [-0.15, -0.1) is 0 Å². The minimum Gasteiger partial charge on any atom is -0.394 e. The van der Waals surface area contributed by atoms with Crippen molar-refractivity contribution in [3.05, 3.63) is 35.8 Å². The van der Waals surface area contributed by atoms with Gasteiger partial charge in [-0.05, 0) is 12.0 Å². The van der Waals surface area contributed by atoms with Crippen molar-refractivity contribution in [2.75, 3.05) is 6.61 Å². The molecule has 1 aromatic carbocycles. The number of ether oxygens (including phenoxy) is 1. The Labute approximate surface area is 167 Å². The van der Waals surface area contributed by atoms with E-state index in [2.05, 4.69) is 9.44 Å². The van der Waals surface area contributed by atoms with Crippen LogP contribution in [0.2, 0.25) is 0 Å². The summed E-state index contributed by atoms with van der Waals surface area (Å²) in [6.07, 6.45) is -6.84. The maximum absolute atomic E-state index is 10.9. The van der Waals surface area contributed by atoms with Crippen LogP contribution in [-0.4, -0.2) is 74.9 Å². The third-order valence-electron chi connectivity index (χ3n) is 3.47. The Bertz CT molecular complexity index is 950. The van der Waals surface area contributed by atoms with E-state index in [9.17, 15) is 28.8 Å². The molecule has 0 spiro atoms. The molecule has 152 valence electrons. The zero-order valence-electron chi connectivity index (χ0n) is 18.6. The van der Waals surface area contributed by atoms with E-state index in [4.69, 9.17) is 16.1 Å². The topological polar surface area (TPSA) is 166 Å². The van der Waals surface area contributed by atoms with Gasteiger partial charge in [0.1, 0.15) is 34.9 Å². The first-order valence-electron chi connectivity index (χ1n) is 10.0. The predicted molar refractivity (Wildman–Crippen MR) is 96.2 cm³/mol. The summed E-state index contributed by atoms with van der Waals surface area (Å²) in [6.45, 7) is -0.710. The van der Waals surface area contributed by atoms with Gasteiger partial charge in [-0.25, -0.2) is 4.28 Å². The summed E-state index contributed by atoms with van der Waals surface area (Å²) in [4.78, 5) is 0. The van der Waals surface area contributed by atoms with Crippen LogP contribution < -0.4 is 0 Å². The normalized spacial score (nSPS) is 32.1. The number of hydrogen-bond acceptors (Lipinski definition) is 10. The van der Waals surface area contributed by atoms with Crippen molar-refractivity contribution in [3.63, 3.8) is 0 Å². The number of hydrogen-bond donors (Lipinski definition) is 5. The molecule has 27 heavy (non-hydrogen) atoms. The van der Waals surface area contributed by atoms with Crippen LogP contribution in [0.4, 0.5) is 0 Å². The summed E-state index contributed by atoms with van der Waals surface area (Å²) in [5, 5.41) is 42.1. The lowest BCUT2D eigenvalue weighted by atomic mass is 10.0. The summed E-state index contributed by atoms with van der Waals surface area (Å²) in [5.41, 5.74) is -1.47. The van der Waals surface area contributed by atoms with Gasteiger partial charge in [0, 0.05) is 6.42 Å². The minimum absolute atomic E-state index is 0.107. The summed E-state index contributed by atoms with van der Waals surface area (Å²) in [5.74, 6) is 0. The van der Waals surface area contributed by atoms with Gasteiger partial charge in [-0.1, -0.05) is 47.1 Å². The molecule has 5 N–H and O–H groups in total. The third-order valence-corrected chi connectivity index (χ3v) is 4.91. The second kappa shape index (κ2) is 9.80. The van der Waals surface area contributed by atoms with E-state index in [1.807, 2.05) is 0 Å². The molecule has 0 bridgehead atoms. The zero-order valence-corrected chi connectivity index (χ0v) is 15.3. The molecule has 1 fully saturated rings. The van der Waals surface area contributed by atoms with Gasteiger partial charge in [-0.2, -0.15) is 8.42 Å². The third kappa shape index (κ3) is 6.69. The molecule has 0 saturated carbocycles. The predicted octanol–water partition coefficient (Wildman–Crippen LogP) is -0.715. The highest BCUT2D eigenvalue weighted by atomic mass is 32.3. The largest absolute Gasteiger partial charge is 0.466 e. The van der Waals surface area contributed by atoms with E-state index in [-0.39, 0.29) is 23.4 Å². The quantitative estimate of drug-likeness (QED) is 0.162. The molecule has 1 heterocycles. The van der Waals surface area contributed by atoms with Crippen LogP contribution in [-0.2, 0) is 25.8 Å². The highest BCUT2D eigenvalue weighted by Crippen LogP contribution is 2.30. The minimum atomic E-state index is -5.02. The van der Waals surface area contributed by atoms with Crippen LogP contribution >= 0.6 is 11.8 Å². The van der Waals surface area contributed by atoms with Crippen LogP contribution in [0.1, 0.15) is 18.8 Å². The molecular weight excluding hydrogens is 402 g/mol. The highest BCUT2D eigenvalue weighted by Gasteiger charge is 2.44. The van der Waals surface area contributed by atoms with Crippen LogP contribution in [0.15, 0.2) is 35.4 Å². The lowest BCUT2D eigenvalue weighted by molar-refractivity contribution is -0.205. The molecule has 0 aromatic heterocycles. The fraction of sp³-hybridized carbons (Fsp3) is 0.533. The zero-order chi connectivity index (χ0) is 24.4. The fourth-order valence-corrected chi connectivity index (χ4v) is 3.44. The van der Waals surface area contributed by atoms with Crippen molar-refractivity contribution < 1.29 is 49.3 Å². The second-order valence-corrected chi connectivity index (χ2v) is 7.58. The lowest BCUT2D eigenvalue weighted by Gasteiger charge is -2.39. The number of aliphatic hydroxyl groups excluding tert-OH is 4. The number of oxime groups is 1. The standard InChI is InChI=1S/C15H21NO9S2/c17-8-10-12(18)13(19)14(20)15(24-10)26-11(16-25-27(21,22)23)7-6-9-4-2-1-3-5-9/h1-5,10,12-15,17-20H,6-8H2,(H,21,22,23)/b16-11-/t10-,12-,13+,14-,15+/m1/s1/i1D,2D,3D,4D,5D. The Hall–Kier alpha value is -1.25. The van der Waals surface area contributed by atoms with Gasteiger partial charge in [0.05, 0.1) is 13.5 Å². The molecular formula is C15H21NO9S2. The average molecular weight is 428 g/mol. The SMILES string of the molecule is [2H]c1c([2H])c([2H])c(CC/C(=N/OS(=O)(=O)O)S[C@@H]2O[C@H](CO)[C@@H](O)[C@H](O)[C@H]2O)c([2H])c1[2H]. The second-order valence-electron chi connectivity index (χ2n) is 5.41. The fourth-order valence-electron chi connectivity index (χ4n) is 2.15. The van der Waals surface area contributed by atoms with Gasteiger partial charge in [0.25, 0.3) is 0 Å². The molecule has 0 amide bonds. The van der Waals surface area contributed by atoms with Crippen molar-refractivity contribution in [2.24, 2.45) is 5.16 Å². The van der Waals surface area contributed by atoms with Gasteiger partial charge in [0.2, 0.25) is 0 Å². The number of benzene rings is 1. The first-order chi connectivity index (χ1) is 14.8. The number of thioether (sulfide) groups is 1. The molecule has 2 rings (SSSR count). The van der Waals surface area contributed by atoms with Crippen molar-refractivity contribution in [3.8, 4) is 0 Å². The van der Waals surface area contributed by atoms with Gasteiger partial charge in [0.15, 0.2) is 0 Å². The van der Waals surface area contributed by atoms with E-state index in [0.29, 0.717) is 11.8 Å². The van der Waals surface area contributed by atoms with Crippen molar-refractivity contribution >= 4 is 27.2 Å². The first-order valence-corrected chi connectivity index (χ1v) is 9.78. The molecule has 1 saturated heterocycles. The Morgan fingerprint density at radius 3 is 2.48 bits per heavy atom. The molecule has 1 aliphatic heterocycles. The summed E-state index contributed by atoms with van der Waals surface area (Å²) < 4.78 is 78.7. The summed E-state index contributed by atoms with van der Waals surface area (Å²) in [7, 11) is -5.02. The average Bonchev–Trinajstić information content (AvgIpc) is 2.73. The number of aliphatic hydroxyl groups is 4. The molecule has 0 aliphatic carbocycles. The van der Waals surface area contributed by atoms with Crippen LogP contribution in [0.25, 0.3) is 0 Å². The van der Waals surface area contributed by atoms with E-state index >= 15 is 0 Å². The monoisotopic (exact) mass is 428 g/mol. The molecule has 1 aromatic rings. The number of nitrogens with zero attached hydrogens (tertiary/aromatic N) is 1. The maximum atomic E-state index is 10.9. The molecule has 5 atom stereocenters. The van der Waals surface area contributed by atoms with Gasteiger partial charge < -0.3 is 25.2 Å². The van der Waals surface area contributed by atoms with E-state index in [1.54, 1.807) is 0 Å². The van der Waals surface area contributed by atoms with E-state index in [0.717, 1.165) is 0 Å². The lowest BCUT2D eigenvalue weighted by Crippen LogP contribution is -2.57. The first kappa shape index (κ1) is 15.6. The Balaban J connectivity index is 2.30. The van der Waals surface area contributed by atoms with Crippen molar-refractivity contribution in [2.45, 2.75) is 42.7 Å². The van der Waals surface area contributed by atoms with Crippen LogP contribution in [0.5, 0.6) is 0 Å². The molecule has 0 radical (unpaired) electrons. The Kier molecular flexibility index (Phi) is 5.68. The highest BCUT2D eigenvalue weighted by molar-refractivity contribution is 8.14. The smallest absolute Gasteiger partial charge is 0.394 e. The molecule has 10 nitrogen and oxygen atoms in total. The van der Waals surface area contributed by atoms with Crippen molar-refractivity contribution in [1.82, 2.24) is 0 Å². The van der Waals surface area contributed by atoms with Gasteiger partial charge in [-0.3, -0.25) is 4.55 Å². The molecule has 0 unspecified atom stereocenters. The molecule has 12 heteroatoms. The molecule has 1 aliphatic rings. The van der Waals surface area contributed by atoms with E-state index in [1.165, 1.54) is 0 Å². The van der Waals surface area contributed by atoms with Crippen LogP contribution in [0.3, 0.4) is 0 Å². The summed E-state index contributed by atoms with van der Waals surface area (Å²) >= 11 is 0.524. The van der Waals surface area contributed by atoms with Gasteiger partial charge >= 0.3 is 10.4 Å². The Morgan fingerprint density at radius 1 is 1.22 bits per heavy atom. The van der Waals surface area contributed by atoms with Crippen LogP contribution in [0, 0.1) is 0 Å². The Morgan fingerprint density at radius 2 is 1.89 bits per heavy atom.